The highest BCUT2D eigenvalue weighted by atomic mass is 33.5. The highest BCUT2D eigenvalue weighted by molar-refractivity contribution is 9.17. The zero-order chi connectivity index (χ0) is 9.19. The van der Waals surface area contributed by atoms with E-state index in [1.165, 1.54) is 0 Å². The van der Waals surface area contributed by atoms with Crippen LogP contribution in [0.3, 0.4) is 0 Å². The minimum atomic E-state index is -1.91. The lowest BCUT2D eigenvalue weighted by atomic mass is 10.3. The molecule has 0 unspecified atom stereocenters. The van der Waals surface area contributed by atoms with E-state index in [1.807, 2.05) is 0 Å². The van der Waals surface area contributed by atoms with Gasteiger partial charge in [-0.2, -0.15) is 0 Å². The highest BCUT2D eigenvalue weighted by Gasteiger charge is 2.22. The van der Waals surface area contributed by atoms with Crippen LogP contribution < -0.4 is 5.14 Å². The predicted octanol–water partition coefficient (Wildman–Crippen LogP) is 2.90. The number of thiol groups is 2. The average molecular weight is 218 g/mol. The van der Waals surface area contributed by atoms with Gasteiger partial charge in [0.1, 0.15) is 4.90 Å². The van der Waals surface area contributed by atoms with Crippen molar-refractivity contribution < 1.29 is 0 Å². The molecule has 64 valence electrons. The van der Waals surface area contributed by atoms with Crippen LogP contribution in [0.5, 0.6) is 0 Å². The van der Waals surface area contributed by atoms with Crippen LogP contribution in [-0.2, 0) is 0 Å². The molecule has 0 bridgehead atoms. The van der Waals surface area contributed by atoms with Crippen molar-refractivity contribution in [2.45, 2.75) is 4.90 Å². The molecule has 0 saturated carbocycles. The molecule has 0 aliphatic heterocycles. The molecule has 2 N–H and O–H groups in total. The molecular formula is C6H8N3S3+. The van der Waals surface area contributed by atoms with Crippen LogP contribution in [0.25, 0.3) is 4.98 Å². The number of nitrogens with zero attached hydrogens (tertiary/aromatic N) is 2. The molecule has 0 amide bonds. The van der Waals surface area contributed by atoms with Gasteiger partial charge in [0.15, 0.2) is 4.98 Å². The summed E-state index contributed by atoms with van der Waals surface area (Å²) in [7, 11) is -1.91. The number of nitrogens with two attached hydrogens (primary N) is 1. The van der Waals surface area contributed by atoms with Crippen LogP contribution in [-0.4, -0.2) is 0 Å². The average Bonchev–Trinajstić information content (AvgIpc) is 2.03. The molecule has 6 heteroatoms. The monoisotopic (exact) mass is 218 g/mol. The highest BCUT2D eigenvalue weighted by Crippen LogP contribution is 2.59. The summed E-state index contributed by atoms with van der Waals surface area (Å²) >= 11 is 8.24. The van der Waals surface area contributed by atoms with Gasteiger partial charge in [0, 0.05) is 6.07 Å². The van der Waals surface area contributed by atoms with Crippen molar-refractivity contribution in [3.05, 3.63) is 29.2 Å². The molecule has 1 aromatic carbocycles. The minimum absolute atomic E-state index is 0.417. The molecule has 0 radical (unpaired) electrons. The van der Waals surface area contributed by atoms with Crippen molar-refractivity contribution in [3.8, 4) is 0 Å². The first-order chi connectivity index (χ1) is 5.55. The molecule has 3 nitrogen and oxygen atoms in total. The first kappa shape index (κ1) is 9.74. The van der Waals surface area contributed by atoms with E-state index in [4.69, 9.17) is 10.5 Å². The third-order valence-corrected chi connectivity index (χ3v) is 3.47. The van der Waals surface area contributed by atoms with Gasteiger partial charge in [0.2, 0.25) is 5.39 Å². The maximum atomic E-state index is 8.60. The lowest BCUT2D eigenvalue weighted by molar-refractivity contribution is 1.39. The van der Waals surface area contributed by atoms with E-state index in [-0.39, 0.29) is 0 Å². The number of hydrogen-bond acceptors (Lipinski definition) is 4. The summed E-state index contributed by atoms with van der Waals surface area (Å²) in [5, 5.41) is 14.3. The molecule has 0 spiro atoms. The number of hydrogen-bond donors (Lipinski definition) is 3. The van der Waals surface area contributed by atoms with Crippen LogP contribution in [0.15, 0.2) is 29.2 Å². The Balaban J connectivity index is 3.26. The second kappa shape index (κ2) is 3.58. The van der Waals surface area contributed by atoms with Gasteiger partial charge in [-0.3, -0.25) is 5.14 Å². The summed E-state index contributed by atoms with van der Waals surface area (Å²) in [5.74, 6) is 0. The second-order valence-electron chi connectivity index (χ2n) is 2.16. The van der Waals surface area contributed by atoms with Crippen molar-refractivity contribution >= 4 is 37.3 Å². The zero-order valence-electron chi connectivity index (χ0n) is 6.08. The molecule has 0 aromatic heterocycles. The van der Waals surface area contributed by atoms with Gasteiger partial charge in [-0.15, -0.1) is 23.3 Å². The van der Waals surface area contributed by atoms with Gasteiger partial charge in [0.05, 0.1) is 0 Å². The second-order valence-corrected chi connectivity index (χ2v) is 8.11. The summed E-state index contributed by atoms with van der Waals surface area (Å²) in [4.78, 5) is 3.73. The van der Waals surface area contributed by atoms with Crippen LogP contribution in [0.4, 0.5) is 5.69 Å². The standard InChI is InChI=1S/C6H7N3S3/c7-9-5-3-1-2-4-6(5)12(8,10)11/h1-4H,8H2,(H-,10,11)/p+1. The predicted molar refractivity (Wildman–Crippen MR) is 59.2 cm³/mol. The van der Waals surface area contributed by atoms with Gasteiger partial charge in [-0.25, -0.2) is 0 Å². The van der Waals surface area contributed by atoms with Crippen molar-refractivity contribution in [2.75, 3.05) is 0 Å². The van der Waals surface area contributed by atoms with E-state index in [9.17, 15) is 0 Å². The molecule has 1 rings (SSSR count). The van der Waals surface area contributed by atoms with Gasteiger partial charge in [-0.05, 0) is 6.07 Å². The Morgan fingerprint density at radius 3 is 2.33 bits per heavy atom. The van der Waals surface area contributed by atoms with E-state index in [1.54, 1.807) is 24.3 Å². The molecule has 0 heterocycles. The third kappa shape index (κ3) is 2.08. The SMILES string of the molecule is N#[N+]c1ccccc1S(N)(S)S. The van der Waals surface area contributed by atoms with E-state index >= 15 is 0 Å². The molecule has 0 saturated heterocycles. The van der Waals surface area contributed by atoms with E-state index in [0.717, 1.165) is 0 Å². The Bertz CT molecular complexity index is 326. The van der Waals surface area contributed by atoms with Crippen molar-refractivity contribution in [1.29, 1.82) is 5.39 Å². The summed E-state index contributed by atoms with van der Waals surface area (Å²) < 4.78 is 0. The van der Waals surface area contributed by atoms with Crippen LogP contribution in [0, 0.1) is 5.39 Å². The Hall–Kier alpha value is -0.350. The van der Waals surface area contributed by atoms with Crippen molar-refractivity contribution in [1.82, 2.24) is 0 Å². The van der Waals surface area contributed by atoms with Crippen molar-refractivity contribution in [3.63, 3.8) is 0 Å². The minimum Gasteiger partial charge on any atom is -0.275 e. The maximum Gasteiger partial charge on any atom is 0.399 e. The van der Waals surface area contributed by atoms with E-state index < -0.39 is 8.28 Å². The summed E-state index contributed by atoms with van der Waals surface area (Å²) in [5.41, 5.74) is 0.417. The number of diazo groups is 1. The maximum absolute atomic E-state index is 8.60. The Kier molecular flexibility index (Phi) is 2.90. The van der Waals surface area contributed by atoms with Gasteiger partial charge in [0.25, 0.3) is 0 Å². The Morgan fingerprint density at radius 2 is 1.92 bits per heavy atom. The van der Waals surface area contributed by atoms with E-state index in [0.29, 0.717) is 10.6 Å². The van der Waals surface area contributed by atoms with Crippen molar-refractivity contribution in [2.24, 2.45) is 5.14 Å². The zero-order valence-corrected chi connectivity index (χ0v) is 8.69. The van der Waals surface area contributed by atoms with Crippen LogP contribution in [0.1, 0.15) is 0 Å². The van der Waals surface area contributed by atoms with Gasteiger partial charge >= 0.3 is 5.69 Å². The third-order valence-electron chi connectivity index (χ3n) is 1.30. The fourth-order valence-corrected chi connectivity index (χ4v) is 2.42. The van der Waals surface area contributed by atoms with Gasteiger partial charge < -0.3 is 0 Å². The van der Waals surface area contributed by atoms with E-state index in [2.05, 4.69) is 28.3 Å². The molecule has 1 aromatic rings. The lowest BCUT2D eigenvalue weighted by Crippen LogP contribution is -1.96. The van der Waals surface area contributed by atoms with Crippen LogP contribution >= 0.6 is 31.6 Å². The molecule has 0 aliphatic carbocycles. The quantitative estimate of drug-likeness (QED) is 0.386. The largest absolute Gasteiger partial charge is 0.399 e. The molecule has 0 atom stereocenters. The number of benzene rings is 1. The van der Waals surface area contributed by atoms with Crippen LogP contribution in [0.2, 0.25) is 0 Å². The first-order valence-electron chi connectivity index (χ1n) is 3.06. The fraction of sp³-hybridized carbons (Fsp3) is 0. The summed E-state index contributed by atoms with van der Waals surface area (Å²) in [6, 6.07) is 6.94. The summed E-state index contributed by atoms with van der Waals surface area (Å²) in [6.45, 7) is 0. The molecular weight excluding hydrogens is 210 g/mol. The van der Waals surface area contributed by atoms with Gasteiger partial charge in [-0.1, -0.05) is 20.4 Å². The molecule has 0 aliphatic rings. The number of rotatable bonds is 1. The molecule has 12 heavy (non-hydrogen) atoms. The molecule has 0 fully saturated rings. The Labute approximate surface area is 82.0 Å². The first-order valence-corrected chi connectivity index (χ1v) is 6.86. The summed E-state index contributed by atoms with van der Waals surface area (Å²) in [6.07, 6.45) is 0. The smallest absolute Gasteiger partial charge is 0.275 e. The Morgan fingerprint density at radius 1 is 1.33 bits per heavy atom. The fourth-order valence-electron chi connectivity index (χ4n) is 0.794. The topological polar surface area (TPSA) is 54.2 Å². The normalized spacial score (nSPS) is 12.2. The lowest BCUT2D eigenvalue weighted by Gasteiger charge is -2.19.